The molecule has 0 fully saturated rings. The minimum absolute atomic E-state index is 0.258. The molecule has 3 nitrogen and oxygen atoms in total. The number of pyridine rings is 1. The summed E-state index contributed by atoms with van der Waals surface area (Å²) >= 11 is 1.71. The molecule has 7 heteroatoms. The first kappa shape index (κ1) is 11.3. The van der Waals surface area contributed by atoms with E-state index in [1.807, 2.05) is 0 Å². The third-order valence-electron chi connectivity index (χ3n) is 1.30. The van der Waals surface area contributed by atoms with Gasteiger partial charge in [0.2, 0.25) is 0 Å². The number of nitrogen functional groups attached to an aromatic ring is 1. The molecule has 0 spiro atoms. The monoisotopic (exact) mass is 318 g/mol. The summed E-state index contributed by atoms with van der Waals surface area (Å²) in [6.07, 6.45) is -4.75. The predicted molar refractivity (Wildman–Crippen MR) is 52.8 cm³/mol. The van der Waals surface area contributed by atoms with Crippen molar-refractivity contribution in [2.75, 3.05) is 5.73 Å². The van der Waals surface area contributed by atoms with Gasteiger partial charge in [0.1, 0.15) is 0 Å². The maximum atomic E-state index is 11.9. The number of halogens is 4. The summed E-state index contributed by atoms with van der Waals surface area (Å²) in [7, 11) is 0. The Morgan fingerprint density at radius 2 is 2.07 bits per heavy atom. The Bertz CT molecular complexity index is 330. The fourth-order valence-electron chi connectivity index (χ4n) is 0.861. The second-order valence-corrected chi connectivity index (χ2v) is 3.67. The van der Waals surface area contributed by atoms with E-state index >= 15 is 0 Å². The first-order valence-electron chi connectivity index (χ1n) is 3.48. The van der Waals surface area contributed by atoms with E-state index in [-0.39, 0.29) is 9.39 Å². The molecule has 2 N–H and O–H groups in total. The lowest BCUT2D eigenvalue weighted by molar-refractivity contribution is -0.274. The van der Waals surface area contributed by atoms with Crippen LogP contribution in [0.15, 0.2) is 6.07 Å². The number of aryl methyl sites for hydroxylation is 1. The quantitative estimate of drug-likeness (QED) is 0.809. The van der Waals surface area contributed by atoms with Crippen molar-refractivity contribution in [1.29, 1.82) is 0 Å². The number of nitrogens with two attached hydrogens (primary N) is 1. The molecule has 0 atom stereocenters. The lowest BCUT2D eigenvalue weighted by Gasteiger charge is -2.12. The Hall–Kier alpha value is -0.730. The Morgan fingerprint density at radius 3 is 2.50 bits per heavy atom. The van der Waals surface area contributed by atoms with Crippen molar-refractivity contribution in [3.05, 3.63) is 15.3 Å². The van der Waals surface area contributed by atoms with Gasteiger partial charge in [0.05, 0.1) is 3.57 Å². The minimum Gasteiger partial charge on any atom is -0.401 e. The first-order chi connectivity index (χ1) is 6.29. The van der Waals surface area contributed by atoms with E-state index in [2.05, 4.69) is 9.72 Å². The van der Waals surface area contributed by atoms with Crippen LogP contribution < -0.4 is 10.5 Å². The molecule has 0 aliphatic carbocycles. The van der Waals surface area contributed by atoms with Gasteiger partial charge in [0.15, 0.2) is 11.6 Å². The van der Waals surface area contributed by atoms with Crippen molar-refractivity contribution in [2.24, 2.45) is 0 Å². The number of anilines is 1. The maximum absolute atomic E-state index is 11.9. The smallest absolute Gasteiger partial charge is 0.401 e. The molecule has 0 saturated heterocycles. The molecule has 1 heterocycles. The standard InChI is InChI=1S/C7H6F3IN2O/c1-3-2-4(11)5(6(12)13-3)14-7(8,9)10/h2H,1H3,(H2,12,13). The normalized spacial score (nSPS) is 11.5. The molecule has 1 rings (SSSR count). The molecule has 78 valence electrons. The van der Waals surface area contributed by atoms with Crippen molar-refractivity contribution in [2.45, 2.75) is 13.3 Å². The van der Waals surface area contributed by atoms with Gasteiger partial charge < -0.3 is 10.5 Å². The highest BCUT2D eigenvalue weighted by Gasteiger charge is 2.33. The van der Waals surface area contributed by atoms with Crippen molar-refractivity contribution in [3.63, 3.8) is 0 Å². The molecule has 0 aliphatic rings. The van der Waals surface area contributed by atoms with Gasteiger partial charge in [-0.05, 0) is 35.6 Å². The van der Waals surface area contributed by atoms with Gasteiger partial charge in [-0.15, -0.1) is 13.2 Å². The summed E-state index contributed by atoms with van der Waals surface area (Å²) in [5, 5.41) is 0. The van der Waals surface area contributed by atoms with Gasteiger partial charge in [-0.1, -0.05) is 0 Å². The Morgan fingerprint density at radius 1 is 1.50 bits per heavy atom. The summed E-state index contributed by atoms with van der Waals surface area (Å²) in [4.78, 5) is 3.67. The summed E-state index contributed by atoms with van der Waals surface area (Å²) in [5.74, 6) is -0.699. The number of nitrogens with zero attached hydrogens (tertiary/aromatic N) is 1. The number of rotatable bonds is 1. The maximum Gasteiger partial charge on any atom is 0.573 e. The highest BCUT2D eigenvalue weighted by Crippen LogP contribution is 2.32. The van der Waals surface area contributed by atoms with Crippen LogP contribution in [0.3, 0.4) is 0 Å². The largest absolute Gasteiger partial charge is 0.573 e. The van der Waals surface area contributed by atoms with Crippen molar-refractivity contribution >= 4 is 28.4 Å². The molecule has 0 bridgehead atoms. The topological polar surface area (TPSA) is 48.1 Å². The van der Waals surface area contributed by atoms with Crippen LogP contribution in [0.25, 0.3) is 0 Å². The molecule has 0 aromatic carbocycles. The van der Waals surface area contributed by atoms with Gasteiger partial charge in [0.25, 0.3) is 0 Å². The van der Waals surface area contributed by atoms with Crippen LogP contribution in [-0.4, -0.2) is 11.3 Å². The molecular weight excluding hydrogens is 312 g/mol. The fraction of sp³-hybridized carbons (Fsp3) is 0.286. The highest BCUT2D eigenvalue weighted by atomic mass is 127. The van der Waals surface area contributed by atoms with E-state index in [4.69, 9.17) is 5.73 Å². The summed E-state index contributed by atoms with van der Waals surface area (Å²) < 4.78 is 39.7. The van der Waals surface area contributed by atoms with Crippen LogP contribution in [0.4, 0.5) is 19.0 Å². The van der Waals surface area contributed by atoms with Crippen molar-refractivity contribution in [3.8, 4) is 5.75 Å². The zero-order valence-electron chi connectivity index (χ0n) is 7.02. The zero-order valence-corrected chi connectivity index (χ0v) is 9.18. The van der Waals surface area contributed by atoms with E-state index in [1.165, 1.54) is 6.07 Å². The second-order valence-electron chi connectivity index (χ2n) is 2.51. The number of aromatic nitrogens is 1. The summed E-state index contributed by atoms with van der Waals surface area (Å²) in [6, 6.07) is 1.46. The van der Waals surface area contributed by atoms with Crippen LogP contribution in [0, 0.1) is 10.5 Å². The van der Waals surface area contributed by atoms with Gasteiger partial charge >= 0.3 is 6.36 Å². The third-order valence-corrected chi connectivity index (χ3v) is 2.10. The molecule has 1 aromatic heterocycles. The molecule has 0 unspecified atom stereocenters. The van der Waals surface area contributed by atoms with Crippen LogP contribution in [0.2, 0.25) is 0 Å². The van der Waals surface area contributed by atoms with Gasteiger partial charge in [-0.2, -0.15) is 0 Å². The Labute approximate surface area is 91.6 Å². The lowest BCUT2D eigenvalue weighted by Crippen LogP contribution is -2.19. The second kappa shape index (κ2) is 3.79. The molecule has 14 heavy (non-hydrogen) atoms. The fourth-order valence-corrected chi connectivity index (χ4v) is 1.70. The number of hydrogen-bond donors (Lipinski definition) is 1. The molecule has 0 saturated carbocycles. The van der Waals surface area contributed by atoms with Crippen molar-refractivity contribution in [1.82, 2.24) is 4.98 Å². The number of alkyl halides is 3. The van der Waals surface area contributed by atoms with E-state index in [0.29, 0.717) is 5.69 Å². The number of ether oxygens (including phenoxy) is 1. The number of hydrogen-bond acceptors (Lipinski definition) is 3. The third kappa shape index (κ3) is 2.89. The van der Waals surface area contributed by atoms with Crippen molar-refractivity contribution < 1.29 is 17.9 Å². The van der Waals surface area contributed by atoms with Gasteiger partial charge in [0, 0.05) is 5.69 Å². The zero-order chi connectivity index (χ0) is 10.9. The summed E-state index contributed by atoms with van der Waals surface area (Å²) in [5.41, 5.74) is 5.83. The predicted octanol–water partition coefficient (Wildman–Crippen LogP) is 2.48. The van der Waals surface area contributed by atoms with Crippen LogP contribution >= 0.6 is 22.6 Å². The van der Waals surface area contributed by atoms with Crippen LogP contribution in [0.5, 0.6) is 5.75 Å². The van der Waals surface area contributed by atoms with Crippen LogP contribution in [0.1, 0.15) is 5.69 Å². The Kier molecular flexibility index (Phi) is 3.07. The molecule has 1 aromatic rings. The van der Waals surface area contributed by atoms with E-state index in [1.54, 1.807) is 29.5 Å². The molecular formula is C7H6F3IN2O. The van der Waals surface area contributed by atoms with Gasteiger partial charge in [-0.25, -0.2) is 4.98 Å². The minimum atomic E-state index is -4.75. The van der Waals surface area contributed by atoms with Gasteiger partial charge in [-0.3, -0.25) is 0 Å². The first-order valence-corrected chi connectivity index (χ1v) is 4.56. The SMILES string of the molecule is Cc1cc(I)c(OC(F)(F)F)c(N)n1. The Balaban J connectivity index is 3.09. The molecule has 0 aliphatic heterocycles. The lowest BCUT2D eigenvalue weighted by atomic mass is 10.3. The molecule has 0 amide bonds. The van der Waals surface area contributed by atoms with E-state index in [0.717, 1.165) is 0 Å². The summed E-state index contributed by atoms with van der Waals surface area (Å²) in [6.45, 7) is 1.63. The van der Waals surface area contributed by atoms with Crippen LogP contribution in [-0.2, 0) is 0 Å². The average molecular weight is 318 g/mol. The average Bonchev–Trinajstić information content (AvgIpc) is 1.95. The van der Waals surface area contributed by atoms with E-state index in [9.17, 15) is 13.2 Å². The van der Waals surface area contributed by atoms with E-state index < -0.39 is 12.1 Å². The molecule has 0 radical (unpaired) electrons. The highest BCUT2D eigenvalue weighted by molar-refractivity contribution is 14.1.